The van der Waals surface area contributed by atoms with E-state index in [4.69, 9.17) is 0 Å². The van der Waals surface area contributed by atoms with E-state index in [0.717, 1.165) is 25.9 Å². The third-order valence-corrected chi connectivity index (χ3v) is 3.39. The van der Waals surface area contributed by atoms with Crippen LogP contribution in [0.5, 0.6) is 0 Å². The van der Waals surface area contributed by atoms with E-state index in [1.165, 1.54) is 0 Å². The van der Waals surface area contributed by atoms with Gasteiger partial charge in [-0.05, 0) is 45.4 Å². The quantitative estimate of drug-likeness (QED) is 0.627. The molecule has 1 aliphatic carbocycles. The second kappa shape index (κ2) is 4.11. The molecule has 2 unspecified atom stereocenters. The van der Waals surface area contributed by atoms with Crippen LogP contribution in [-0.4, -0.2) is 29.6 Å². The van der Waals surface area contributed by atoms with E-state index in [1.54, 1.807) is 0 Å². The summed E-state index contributed by atoms with van der Waals surface area (Å²) >= 11 is 0. The number of urea groups is 1. The Hall–Kier alpha value is -0.990. The normalized spacial score (nSPS) is 29.1. The van der Waals surface area contributed by atoms with Crippen molar-refractivity contribution < 1.29 is 4.79 Å². The van der Waals surface area contributed by atoms with Gasteiger partial charge in [-0.2, -0.15) is 0 Å². The smallest absolute Gasteiger partial charge is 0.317 e. The van der Waals surface area contributed by atoms with Crippen molar-refractivity contribution in [1.29, 1.82) is 0 Å². The number of hydrogen-bond donors (Lipinski definition) is 1. The van der Waals surface area contributed by atoms with Crippen LogP contribution in [0.4, 0.5) is 4.79 Å². The number of amides is 2. The molecule has 16 heavy (non-hydrogen) atoms. The van der Waals surface area contributed by atoms with Crippen LogP contribution in [0, 0.1) is 11.8 Å². The van der Waals surface area contributed by atoms with Crippen LogP contribution in [0.1, 0.15) is 33.6 Å². The Morgan fingerprint density at radius 2 is 1.69 bits per heavy atom. The van der Waals surface area contributed by atoms with E-state index in [9.17, 15) is 4.79 Å². The molecule has 0 saturated carbocycles. The molecule has 0 aromatic carbocycles. The number of allylic oxidation sites excluding steroid dienone is 2. The molecular weight excluding hydrogens is 200 g/mol. The molecule has 0 radical (unpaired) electrons. The van der Waals surface area contributed by atoms with Gasteiger partial charge in [-0.3, -0.25) is 0 Å². The molecule has 1 aliphatic heterocycles. The maximum absolute atomic E-state index is 12.0. The van der Waals surface area contributed by atoms with Crippen LogP contribution in [0.25, 0.3) is 0 Å². The van der Waals surface area contributed by atoms with Crippen molar-refractivity contribution in [2.24, 2.45) is 11.8 Å². The van der Waals surface area contributed by atoms with Gasteiger partial charge < -0.3 is 10.2 Å². The zero-order valence-electron chi connectivity index (χ0n) is 10.5. The van der Waals surface area contributed by atoms with Crippen molar-refractivity contribution in [2.45, 2.75) is 39.2 Å². The SMILES string of the molecule is CC(C)(C)NC(=O)N1CC2CC=CCC2C1. The fourth-order valence-corrected chi connectivity index (χ4v) is 2.58. The van der Waals surface area contributed by atoms with E-state index in [2.05, 4.69) is 17.5 Å². The summed E-state index contributed by atoms with van der Waals surface area (Å²) in [4.78, 5) is 14.0. The van der Waals surface area contributed by atoms with Crippen LogP contribution < -0.4 is 5.32 Å². The Kier molecular flexibility index (Phi) is 2.96. The molecule has 90 valence electrons. The average molecular weight is 222 g/mol. The molecule has 1 saturated heterocycles. The molecule has 2 amide bonds. The van der Waals surface area contributed by atoms with Crippen LogP contribution >= 0.6 is 0 Å². The highest BCUT2D eigenvalue weighted by atomic mass is 16.2. The zero-order valence-corrected chi connectivity index (χ0v) is 10.5. The fourth-order valence-electron chi connectivity index (χ4n) is 2.58. The number of carbonyl (C=O) groups is 1. The summed E-state index contributed by atoms with van der Waals surface area (Å²) in [5.41, 5.74) is -0.136. The molecule has 2 rings (SSSR count). The minimum Gasteiger partial charge on any atom is -0.333 e. The number of fused-ring (bicyclic) bond motifs is 1. The van der Waals surface area contributed by atoms with Gasteiger partial charge >= 0.3 is 6.03 Å². The number of carbonyl (C=O) groups excluding carboxylic acids is 1. The second-order valence-corrected chi connectivity index (χ2v) is 6.05. The molecule has 1 heterocycles. The van der Waals surface area contributed by atoms with Crippen molar-refractivity contribution in [1.82, 2.24) is 10.2 Å². The maximum atomic E-state index is 12.0. The molecule has 0 bridgehead atoms. The van der Waals surface area contributed by atoms with E-state index in [1.807, 2.05) is 25.7 Å². The zero-order chi connectivity index (χ0) is 11.8. The first-order chi connectivity index (χ1) is 7.46. The summed E-state index contributed by atoms with van der Waals surface area (Å²) in [6.45, 7) is 7.93. The highest BCUT2D eigenvalue weighted by Gasteiger charge is 2.35. The number of nitrogens with one attached hydrogen (secondary N) is 1. The van der Waals surface area contributed by atoms with E-state index < -0.39 is 0 Å². The first kappa shape index (κ1) is 11.5. The van der Waals surface area contributed by atoms with Gasteiger partial charge in [0.2, 0.25) is 0 Å². The van der Waals surface area contributed by atoms with E-state index in [0.29, 0.717) is 11.8 Å². The van der Waals surface area contributed by atoms with Crippen molar-refractivity contribution in [3.8, 4) is 0 Å². The van der Waals surface area contributed by atoms with E-state index in [-0.39, 0.29) is 11.6 Å². The molecule has 1 fully saturated rings. The van der Waals surface area contributed by atoms with Crippen molar-refractivity contribution in [3.63, 3.8) is 0 Å². The number of nitrogens with zero attached hydrogens (tertiary/aromatic N) is 1. The van der Waals surface area contributed by atoms with Crippen LogP contribution in [0.2, 0.25) is 0 Å². The summed E-state index contributed by atoms with van der Waals surface area (Å²) < 4.78 is 0. The Morgan fingerprint density at radius 1 is 1.19 bits per heavy atom. The number of hydrogen-bond acceptors (Lipinski definition) is 1. The molecule has 2 aliphatic rings. The van der Waals surface area contributed by atoms with Gasteiger partial charge in [-0.25, -0.2) is 4.79 Å². The second-order valence-electron chi connectivity index (χ2n) is 6.05. The summed E-state index contributed by atoms with van der Waals surface area (Å²) in [6.07, 6.45) is 6.80. The Labute approximate surface area is 97.9 Å². The molecule has 1 N–H and O–H groups in total. The monoisotopic (exact) mass is 222 g/mol. The molecular formula is C13H22N2O. The van der Waals surface area contributed by atoms with Gasteiger partial charge in [0.25, 0.3) is 0 Å². The third-order valence-electron chi connectivity index (χ3n) is 3.39. The van der Waals surface area contributed by atoms with Gasteiger partial charge in [0.15, 0.2) is 0 Å². The predicted molar refractivity (Wildman–Crippen MR) is 65.2 cm³/mol. The number of rotatable bonds is 0. The predicted octanol–water partition coefficient (Wildman–Crippen LogP) is 2.39. The fraction of sp³-hybridized carbons (Fsp3) is 0.769. The van der Waals surface area contributed by atoms with Crippen LogP contribution in [-0.2, 0) is 0 Å². The average Bonchev–Trinajstić information content (AvgIpc) is 2.58. The van der Waals surface area contributed by atoms with Gasteiger partial charge in [-0.15, -0.1) is 0 Å². The Bertz CT molecular complexity index is 288. The molecule has 2 atom stereocenters. The van der Waals surface area contributed by atoms with E-state index >= 15 is 0 Å². The third kappa shape index (κ3) is 2.57. The largest absolute Gasteiger partial charge is 0.333 e. The topological polar surface area (TPSA) is 32.3 Å². The van der Waals surface area contributed by atoms with Gasteiger partial charge in [0, 0.05) is 18.6 Å². The molecule has 3 nitrogen and oxygen atoms in total. The number of likely N-dealkylation sites (tertiary alicyclic amines) is 1. The minimum atomic E-state index is -0.136. The minimum absolute atomic E-state index is 0.0990. The lowest BCUT2D eigenvalue weighted by molar-refractivity contribution is 0.197. The molecule has 0 spiro atoms. The molecule has 0 aromatic heterocycles. The highest BCUT2D eigenvalue weighted by Crippen LogP contribution is 2.32. The standard InChI is InChI=1S/C13H22N2O/c1-13(2,3)14-12(16)15-8-10-6-4-5-7-11(10)9-15/h4-5,10-11H,6-9H2,1-3H3,(H,14,16). The van der Waals surface area contributed by atoms with Crippen molar-refractivity contribution in [2.75, 3.05) is 13.1 Å². The first-order valence-corrected chi connectivity index (χ1v) is 6.18. The van der Waals surface area contributed by atoms with Crippen LogP contribution in [0.15, 0.2) is 12.2 Å². The molecule has 0 aromatic rings. The van der Waals surface area contributed by atoms with Gasteiger partial charge in [0.1, 0.15) is 0 Å². The first-order valence-electron chi connectivity index (χ1n) is 6.18. The summed E-state index contributed by atoms with van der Waals surface area (Å²) in [7, 11) is 0. The lowest BCUT2D eigenvalue weighted by Crippen LogP contribution is -2.47. The molecule has 3 heteroatoms. The Balaban J connectivity index is 1.91. The van der Waals surface area contributed by atoms with Crippen molar-refractivity contribution in [3.05, 3.63) is 12.2 Å². The summed E-state index contributed by atoms with van der Waals surface area (Å²) in [5.74, 6) is 1.38. The van der Waals surface area contributed by atoms with Gasteiger partial charge in [0.05, 0.1) is 0 Å². The summed E-state index contributed by atoms with van der Waals surface area (Å²) in [6, 6.07) is 0.0990. The highest BCUT2D eigenvalue weighted by molar-refractivity contribution is 5.75. The maximum Gasteiger partial charge on any atom is 0.317 e. The lowest BCUT2D eigenvalue weighted by atomic mass is 9.86. The lowest BCUT2D eigenvalue weighted by Gasteiger charge is -2.25. The van der Waals surface area contributed by atoms with Gasteiger partial charge in [-0.1, -0.05) is 12.2 Å². The van der Waals surface area contributed by atoms with Crippen LogP contribution in [0.3, 0.4) is 0 Å². The summed E-state index contributed by atoms with van der Waals surface area (Å²) in [5, 5.41) is 3.04. The van der Waals surface area contributed by atoms with Crippen molar-refractivity contribution >= 4 is 6.03 Å². The Morgan fingerprint density at radius 3 is 2.12 bits per heavy atom.